The van der Waals surface area contributed by atoms with Crippen molar-refractivity contribution in [3.8, 4) is 0 Å². The van der Waals surface area contributed by atoms with Crippen LogP contribution in [0.4, 0.5) is 10.5 Å². The van der Waals surface area contributed by atoms with Gasteiger partial charge in [0, 0.05) is 11.3 Å². The zero-order valence-electron chi connectivity index (χ0n) is 13.2. The highest BCUT2D eigenvalue weighted by Gasteiger charge is 2.07. The number of anilines is 1. The molecule has 126 valence electrons. The van der Waals surface area contributed by atoms with E-state index in [9.17, 15) is 9.59 Å². The molecule has 0 bridgehead atoms. The van der Waals surface area contributed by atoms with Crippen molar-refractivity contribution in [1.29, 1.82) is 0 Å². The van der Waals surface area contributed by atoms with E-state index in [0.717, 1.165) is 16.3 Å². The number of hydroxylamine groups is 1. The van der Waals surface area contributed by atoms with Crippen LogP contribution in [0.3, 0.4) is 0 Å². The summed E-state index contributed by atoms with van der Waals surface area (Å²) in [7, 11) is 0. The highest BCUT2D eigenvalue weighted by molar-refractivity contribution is 5.94. The van der Waals surface area contributed by atoms with Crippen LogP contribution < -0.4 is 10.8 Å². The Morgan fingerprint density at radius 3 is 2.36 bits per heavy atom. The van der Waals surface area contributed by atoms with Crippen LogP contribution in [-0.4, -0.2) is 17.2 Å². The number of hydrogen-bond acceptors (Lipinski definition) is 4. The molecule has 3 N–H and O–H groups in total. The maximum absolute atomic E-state index is 11.9. The van der Waals surface area contributed by atoms with E-state index in [1.54, 1.807) is 17.6 Å². The predicted molar refractivity (Wildman–Crippen MR) is 93.5 cm³/mol. The SMILES string of the molecule is O=C(Nc1ccc(C(=O)NO)cc1)OCc1ccc2ccccc2c1. The minimum Gasteiger partial charge on any atom is -0.444 e. The number of ether oxygens (including phenoxy) is 1. The van der Waals surface area contributed by atoms with Crippen LogP contribution >= 0.6 is 0 Å². The van der Waals surface area contributed by atoms with Crippen molar-refractivity contribution in [1.82, 2.24) is 5.48 Å². The zero-order valence-corrected chi connectivity index (χ0v) is 13.2. The van der Waals surface area contributed by atoms with Crippen molar-refractivity contribution >= 4 is 28.5 Å². The highest BCUT2D eigenvalue weighted by atomic mass is 16.5. The number of rotatable bonds is 4. The minimum atomic E-state index is -0.620. The molecule has 0 aliphatic rings. The second kappa shape index (κ2) is 7.46. The van der Waals surface area contributed by atoms with Gasteiger partial charge in [-0.1, -0.05) is 36.4 Å². The molecule has 0 spiro atoms. The van der Waals surface area contributed by atoms with Crippen LogP contribution in [0.1, 0.15) is 15.9 Å². The molecule has 0 saturated heterocycles. The van der Waals surface area contributed by atoms with E-state index in [1.807, 2.05) is 42.5 Å². The molecule has 0 atom stereocenters. The van der Waals surface area contributed by atoms with Gasteiger partial charge in [-0.25, -0.2) is 10.3 Å². The molecular weight excluding hydrogens is 320 g/mol. The fourth-order valence-electron chi connectivity index (χ4n) is 2.40. The number of carbonyl (C=O) groups excluding carboxylic acids is 2. The summed E-state index contributed by atoms with van der Waals surface area (Å²) in [6.07, 6.45) is -0.590. The number of carbonyl (C=O) groups is 2. The summed E-state index contributed by atoms with van der Waals surface area (Å²) in [5, 5.41) is 13.3. The van der Waals surface area contributed by atoms with E-state index in [-0.39, 0.29) is 12.2 Å². The predicted octanol–water partition coefficient (Wildman–Crippen LogP) is 3.71. The third-order valence-electron chi connectivity index (χ3n) is 3.68. The van der Waals surface area contributed by atoms with Gasteiger partial charge in [0.05, 0.1) is 0 Å². The van der Waals surface area contributed by atoms with Crippen LogP contribution in [0.2, 0.25) is 0 Å². The maximum atomic E-state index is 11.9. The fraction of sp³-hybridized carbons (Fsp3) is 0.0526. The monoisotopic (exact) mass is 336 g/mol. The lowest BCUT2D eigenvalue weighted by Gasteiger charge is -2.08. The quantitative estimate of drug-likeness (QED) is 0.501. The van der Waals surface area contributed by atoms with E-state index in [1.165, 1.54) is 12.1 Å². The summed E-state index contributed by atoms with van der Waals surface area (Å²) in [6, 6.07) is 19.9. The first-order chi connectivity index (χ1) is 12.2. The van der Waals surface area contributed by atoms with Crippen molar-refractivity contribution in [3.05, 3.63) is 77.9 Å². The van der Waals surface area contributed by atoms with E-state index >= 15 is 0 Å². The number of benzene rings is 3. The lowest BCUT2D eigenvalue weighted by atomic mass is 10.1. The first-order valence-corrected chi connectivity index (χ1v) is 7.61. The minimum absolute atomic E-state index is 0.154. The Labute approximate surface area is 144 Å². The van der Waals surface area contributed by atoms with Gasteiger partial charge in [-0.05, 0) is 46.7 Å². The molecule has 0 radical (unpaired) electrons. The van der Waals surface area contributed by atoms with Crippen molar-refractivity contribution in [2.75, 3.05) is 5.32 Å². The van der Waals surface area contributed by atoms with Crippen LogP contribution in [0.5, 0.6) is 0 Å². The molecule has 3 aromatic carbocycles. The number of nitrogens with one attached hydrogen (secondary N) is 2. The Morgan fingerprint density at radius 1 is 0.920 bits per heavy atom. The molecule has 6 nitrogen and oxygen atoms in total. The standard InChI is InChI=1S/C19H16N2O4/c22-18(21-24)15-7-9-17(10-8-15)20-19(23)25-12-13-5-6-14-3-1-2-4-16(14)11-13/h1-11,24H,12H2,(H,20,23)(H,21,22). The summed E-state index contributed by atoms with van der Waals surface area (Å²) < 4.78 is 5.21. The van der Waals surface area contributed by atoms with Crippen molar-refractivity contribution in [3.63, 3.8) is 0 Å². The maximum Gasteiger partial charge on any atom is 0.411 e. The summed E-state index contributed by atoms with van der Waals surface area (Å²) in [5.41, 5.74) is 3.19. The zero-order chi connectivity index (χ0) is 17.6. The Bertz CT molecular complexity index is 907. The van der Waals surface area contributed by atoms with Gasteiger partial charge < -0.3 is 4.74 Å². The van der Waals surface area contributed by atoms with Gasteiger partial charge in [0.2, 0.25) is 0 Å². The van der Waals surface area contributed by atoms with E-state index in [0.29, 0.717) is 5.69 Å². The second-order valence-corrected chi connectivity index (χ2v) is 5.40. The average Bonchev–Trinajstić information content (AvgIpc) is 2.66. The van der Waals surface area contributed by atoms with Gasteiger partial charge in [0.25, 0.3) is 5.91 Å². The van der Waals surface area contributed by atoms with Gasteiger partial charge >= 0.3 is 6.09 Å². The molecule has 0 aliphatic heterocycles. The van der Waals surface area contributed by atoms with Gasteiger partial charge in [0.1, 0.15) is 6.61 Å². The smallest absolute Gasteiger partial charge is 0.411 e. The van der Waals surface area contributed by atoms with Crippen LogP contribution in [-0.2, 0) is 11.3 Å². The van der Waals surface area contributed by atoms with E-state index < -0.39 is 12.0 Å². The largest absolute Gasteiger partial charge is 0.444 e. The Hall–Kier alpha value is -3.38. The first kappa shape index (κ1) is 16.5. The highest BCUT2D eigenvalue weighted by Crippen LogP contribution is 2.16. The molecule has 25 heavy (non-hydrogen) atoms. The molecular formula is C19H16N2O4. The third-order valence-corrected chi connectivity index (χ3v) is 3.68. The normalized spacial score (nSPS) is 10.3. The first-order valence-electron chi connectivity index (χ1n) is 7.61. The number of amides is 2. The molecule has 3 aromatic rings. The van der Waals surface area contributed by atoms with Gasteiger partial charge in [-0.15, -0.1) is 0 Å². The number of hydrogen-bond donors (Lipinski definition) is 3. The third kappa shape index (κ3) is 4.13. The topological polar surface area (TPSA) is 87.7 Å². The number of fused-ring (bicyclic) bond motifs is 1. The van der Waals surface area contributed by atoms with Crippen molar-refractivity contribution < 1.29 is 19.5 Å². The summed E-state index contributed by atoms with van der Waals surface area (Å²) in [4.78, 5) is 23.1. The van der Waals surface area contributed by atoms with E-state index in [2.05, 4.69) is 5.32 Å². The van der Waals surface area contributed by atoms with Crippen LogP contribution in [0.25, 0.3) is 10.8 Å². The van der Waals surface area contributed by atoms with Gasteiger partial charge in [-0.2, -0.15) is 0 Å². The van der Waals surface area contributed by atoms with Crippen LogP contribution in [0, 0.1) is 0 Å². The van der Waals surface area contributed by atoms with Crippen molar-refractivity contribution in [2.24, 2.45) is 0 Å². The van der Waals surface area contributed by atoms with Gasteiger partial charge in [0.15, 0.2) is 0 Å². The average molecular weight is 336 g/mol. The van der Waals surface area contributed by atoms with Crippen molar-refractivity contribution in [2.45, 2.75) is 6.61 Å². The van der Waals surface area contributed by atoms with Crippen LogP contribution in [0.15, 0.2) is 66.7 Å². The fourth-order valence-corrected chi connectivity index (χ4v) is 2.40. The summed E-state index contributed by atoms with van der Waals surface area (Å²) in [5.74, 6) is -0.620. The van der Waals surface area contributed by atoms with E-state index in [4.69, 9.17) is 9.94 Å². The molecule has 3 rings (SSSR count). The summed E-state index contributed by atoms with van der Waals surface area (Å²) in [6.45, 7) is 0.154. The molecule has 2 amide bonds. The Kier molecular flexibility index (Phi) is 4.92. The Morgan fingerprint density at radius 2 is 1.64 bits per heavy atom. The Balaban J connectivity index is 1.57. The van der Waals surface area contributed by atoms with Gasteiger partial charge in [-0.3, -0.25) is 15.3 Å². The molecule has 0 aromatic heterocycles. The molecule has 0 unspecified atom stereocenters. The molecule has 6 heteroatoms. The summed E-state index contributed by atoms with van der Waals surface area (Å²) >= 11 is 0. The molecule has 0 fully saturated rings. The lowest BCUT2D eigenvalue weighted by molar-refractivity contribution is 0.0706. The molecule has 0 heterocycles. The lowest BCUT2D eigenvalue weighted by Crippen LogP contribution is -2.18. The molecule has 0 saturated carbocycles. The second-order valence-electron chi connectivity index (χ2n) is 5.40. The molecule has 0 aliphatic carbocycles.